The first-order valence-electron chi connectivity index (χ1n) is 14.9. The maximum absolute atomic E-state index is 14.7. The minimum atomic E-state index is -3.80. The summed E-state index contributed by atoms with van der Waals surface area (Å²) in [5.74, 6) is -0.569. The molecule has 2 atom stereocenters. The number of hydrogen-bond acceptors (Lipinski definition) is 9. The summed E-state index contributed by atoms with van der Waals surface area (Å²) < 4.78 is 57.4. The number of aromatic hydroxyl groups is 1. The van der Waals surface area contributed by atoms with Crippen molar-refractivity contribution in [2.45, 2.75) is 48.9 Å². The maximum Gasteiger partial charge on any atom is 0.411 e. The second-order valence-electron chi connectivity index (χ2n) is 11.4. The number of benzene rings is 3. The number of likely N-dealkylation sites (tertiary alicyclic amines) is 1. The second-order valence-corrected chi connectivity index (χ2v) is 13.8. The molecule has 1 aliphatic rings. The molecule has 4 aromatic rings. The third-order valence-corrected chi connectivity index (χ3v) is 10.6. The average Bonchev–Trinajstić information content (AvgIpc) is 3.71. The molecule has 0 radical (unpaired) electrons. The summed E-state index contributed by atoms with van der Waals surface area (Å²) in [7, 11) is 0.385. The fourth-order valence-corrected chi connectivity index (χ4v) is 7.17. The molecule has 14 heteroatoms. The molecule has 1 saturated heterocycles. The quantitative estimate of drug-likeness (QED) is 0.161. The van der Waals surface area contributed by atoms with E-state index in [1.807, 2.05) is 0 Å². The summed E-state index contributed by atoms with van der Waals surface area (Å²) in [5, 5.41) is 15.6. The number of amides is 2. The molecule has 1 aliphatic heterocycles. The Bertz CT molecular complexity index is 1930. The van der Waals surface area contributed by atoms with Gasteiger partial charge in [-0.3, -0.25) is 10.1 Å². The van der Waals surface area contributed by atoms with Crippen LogP contribution >= 0.6 is 0 Å². The predicted molar refractivity (Wildman–Crippen MR) is 174 cm³/mol. The van der Waals surface area contributed by atoms with E-state index in [2.05, 4.69) is 15.6 Å². The first kappa shape index (κ1) is 33.4. The number of H-pyrrole nitrogens is 1. The minimum absolute atomic E-state index is 0.0361. The molecule has 1 unspecified atom stereocenters. The van der Waals surface area contributed by atoms with E-state index < -0.39 is 45.0 Å². The van der Waals surface area contributed by atoms with Crippen molar-refractivity contribution in [3.8, 4) is 17.4 Å². The topological polar surface area (TPSA) is 159 Å². The van der Waals surface area contributed by atoms with E-state index in [1.165, 1.54) is 51.8 Å². The molecular formula is C33H37FN4O8S. The normalized spacial score (nSPS) is 15.5. The molecule has 250 valence electrons. The lowest BCUT2D eigenvalue weighted by molar-refractivity contribution is -0.133. The van der Waals surface area contributed by atoms with Crippen LogP contribution in [0.1, 0.15) is 49.9 Å². The van der Waals surface area contributed by atoms with Gasteiger partial charge in [0.1, 0.15) is 11.9 Å². The van der Waals surface area contributed by atoms with Crippen LogP contribution in [-0.4, -0.2) is 68.5 Å². The van der Waals surface area contributed by atoms with Crippen LogP contribution in [-0.2, 0) is 19.4 Å². The van der Waals surface area contributed by atoms with Crippen LogP contribution < -0.4 is 20.1 Å². The van der Waals surface area contributed by atoms with Crippen LogP contribution in [0.25, 0.3) is 10.8 Å². The minimum Gasteiger partial charge on any atom is -0.494 e. The molecule has 2 heterocycles. The number of halogens is 1. The van der Waals surface area contributed by atoms with E-state index >= 15 is 0 Å². The van der Waals surface area contributed by atoms with Crippen LogP contribution in [0.3, 0.4) is 0 Å². The number of sulfone groups is 1. The lowest BCUT2D eigenvalue weighted by Crippen LogP contribution is -2.38. The summed E-state index contributed by atoms with van der Waals surface area (Å²) in [5.41, 5.74) is 1.54. The predicted octanol–water partition coefficient (Wildman–Crippen LogP) is 5.91. The molecule has 12 nitrogen and oxygen atoms in total. The Morgan fingerprint density at radius 3 is 2.47 bits per heavy atom. The van der Waals surface area contributed by atoms with Crippen molar-refractivity contribution < 1.29 is 41.7 Å². The van der Waals surface area contributed by atoms with Crippen LogP contribution in [0.4, 0.5) is 20.6 Å². The Labute approximate surface area is 271 Å². The molecule has 4 N–H and O–H groups in total. The van der Waals surface area contributed by atoms with Crippen molar-refractivity contribution in [2.75, 3.05) is 38.5 Å². The average molecular weight is 669 g/mol. The highest BCUT2D eigenvalue weighted by molar-refractivity contribution is 7.92. The van der Waals surface area contributed by atoms with Gasteiger partial charge in [0.05, 0.1) is 42.9 Å². The molecule has 0 aliphatic carbocycles. The second kappa shape index (κ2) is 13.4. The zero-order valence-electron chi connectivity index (χ0n) is 26.6. The first-order chi connectivity index (χ1) is 22.4. The van der Waals surface area contributed by atoms with E-state index in [1.54, 1.807) is 43.0 Å². The summed E-state index contributed by atoms with van der Waals surface area (Å²) in [6.45, 7) is 3.47. The largest absolute Gasteiger partial charge is 0.494 e. The lowest BCUT2D eigenvalue weighted by atomic mass is 10.00. The Kier molecular flexibility index (Phi) is 9.52. The number of anilines is 2. The fourth-order valence-electron chi connectivity index (χ4n) is 5.89. The fraction of sp³-hybridized carbons (Fsp3) is 0.333. The van der Waals surface area contributed by atoms with E-state index in [-0.39, 0.29) is 16.2 Å². The number of nitrogens with zero attached hydrogens (tertiary/aromatic N) is 1. The summed E-state index contributed by atoms with van der Waals surface area (Å²) in [6, 6.07) is 10.4. The molecule has 1 fully saturated rings. The van der Waals surface area contributed by atoms with Gasteiger partial charge in [0.15, 0.2) is 27.2 Å². The molecule has 3 aromatic carbocycles. The van der Waals surface area contributed by atoms with Gasteiger partial charge in [-0.1, -0.05) is 6.07 Å². The van der Waals surface area contributed by atoms with Gasteiger partial charge in [0.2, 0.25) is 5.91 Å². The zero-order valence-corrected chi connectivity index (χ0v) is 27.4. The molecule has 5 rings (SSSR count). The number of carbonyl (C=O) groups excluding carboxylic acids is 2. The van der Waals surface area contributed by atoms with Crippen LogP contribution in [0.2, 0.25) is 0 Å². The maximum atomic E-state index is 14.7. The number of methoxy groups -OCH3 is 3. The van der Waals surface area contributed by atoms with Crippen molar-refractivity contribution in [1.82, 2.24) is 9.88 Å². The highest BCUT2D eigenvalue weighted by atomic mass is 32.2. The number of nitrogens with one attached hydrogen (secondary N) is 3. The Hall–Kier alpha value is -4.98. The molecule has 0 spiro atoms. The van der Waals surface area contributed by atoms with Gasteiger partial charge in [-0.25, -0.2) is 17.6 Å². The molecule has 1 aromatic heterocycles. The van der Waals surface area contributed by atoms with Crippen molar-refractivity contribution >= 4 is 44.0 Å². The lowest BCUT2D eigenvalue weighted by Gasteiger charge is -2.32. The third-order valence-electron chi connectivity index (χ3n) is 8.34. The van der Waals surface area contributed by atoms with Crippen molar-refractivity contribution in [3.05, 3.63) is 71.7 Å². The van der Waals surface area contributed by atoms with Gasteiger partial charge >= 0.3 is 6.09 Å². The van der Waals surface area contributed by atoms with Gasteiger partial charge in [-0.05, 0) is 80.3 Å². The number of rotatable bonds is 10. The van der Waals surface area contributed by atoms with Crippen molar-refractivity contribution in [2.24, 2.45) is 0 Å². The van der Waals surface area contributed by atoms with E-state index in [4.69, 9.17) is 14.2 Å². The van der Waals surface area contributed by atoms with Crippen molar-refractivity contribution in [3.63, 3.8) is 0 Å². The van der Waals surface area contributed by atoms with Crippen LogP contribution in [0, 0.1) is 5.82 Å². The number of fused-ring (bicyclic) bond motifs is 1. The highest BCUT2D eigenvalue weighted by Crippen LogP contribution is 2.42. The zero-order chi connectivity index (χ0) is 34.0. The Balaban J connectivity index is 1.63. The van der Waals surface area contributed by atoms with Gasteiger partial charge in [-0.15, -0.1) is 0 Å². The molecule has 2 amide bonds. The number of aromatic nitrogens is 1. The number of aromatic amines is 1. The van der Waals surface area contributed by atoms with Crippen molar-refractivity contribution in [1.29, 1.82) is 0 Å². The molecular weight excluding hydrogens is 631 g/mol. The van der Waals surface area contributed by atoms with E-state index in [0.29, 0.717) is 58.8 Å². The van der Waals surface area contributed by atoms with Gasteiger partial charge < -0.3 is 34.5 Å². The Morgan fingerprint density at radius 2 is 1.79 bits per heavy atom. The van der Waals surface area contributed by atoms with Gasteiger partial charge in [-0.2, -0.15) is 0 Å². The number of hydrogen-bond donors (Lipinski definition) is 4. The molecule has 47 heavy (non-hydrogen) atoms. The first-order valence-corrected chi connectivity index (χ1v) is 16.5. The molecule has 0 saturated carbocycles. The van der Waals surface area contributed by atoms with Crippen LogP contribution in [0.15, 0.2) is 59.6 Å². The Morgan fingerprint density at radius 1 is 1.04 bits per heavy atom. The van der Waals surface area contributed by atoms with E-state index in [9.17, 15) is 27.5 Å². The number of ether oxygens (including phenoxy) is 3. The van der Waals surface area contributed by atoms with Crippen LogP contribution in [0.5, 0.6) is 17.4 Å². The van der Waals surface area contributed by atoms with Gasteiger partial charge in [0.25, 0.3) is 0 Å². The highest BCUT2D eigenvalue weighted by Gasteiger charge is 2.38. The summed E-state index contributed by atoms with van der Waals surface area (Å²) in [4.78, 5) is 31.0. The smallest absolute Gasteiger partial charge is 0.411 e. The third kappa shape index (κ3) is 6.37. The summed E-state index contributed by atoms with van der Waals surface area (Å²) in [6.07, 6.45) is 1.75. The number of carbonyl (C=O) groups is 2. The molecule has 0 bridgehead atoms. The van der Waals surface area contributed by atoms with E-state index in [0.717, 1.165) is 0 Å². The summed E-state index contributed by atoms with van der Waals surface area (Å²) >= 11 is 0. The monoisotopic (exact) mass is 668 g/mol. The SMILES string of the molecule is COC(=O)Nc1ccc(S(=O)(=O)C(C)C)c([C@H]2CCCN2C(=O)C(Nc2ccc(F)c3c(O)[nH]cc23)c2ccc(OC)c(OC)c2)c1. The standard InChI is InChI=1S/C33H37FN4O8S/c1-18(2)47(42,43)28-13-9-20(36-33(41)46-5)16-21(28)25-7-6-14-38(25)32(40)30(19-8-12-26(44-3)27(15-19)45-4)37-24-11-10-23(34)29-22(24)17-35-31(29)39/h8-13,15-18,25,30,35,37,39H,6-7,14H2,1-5H3,(H,36,41)/t25-,30?/m1/s1. The van der Waals surface area contributed by atoms with Gasteiger partial charge in [0, 0.05) is 29.5 Å².